The summed E-state index contributed by atoms with van der Waals surface area (Å²) in [5.41, 5.74) is 13.6. The molecule has 246 valence electrons. The number of hydrogen-bond donors (Lipinski definition) is 1. The van der Waals surface area contributed by atoms with Crippen molar-refractivity contribution in [3.63, 3.8) is 0 Å². The van der Waals surface area contributed by atoms with E-state index in [1.54, 1.807) is 17.8 Å². The zero-order chi connectivity index (χ0) is 35.0. The number of nitrogens with two attached hydrogens (primary N) is 1. The van der Waals surface area contributed by atoms with Gasteiger partial charge in [0.25, 0.3) is 0 Å². The van der Waals surface area contributed by atoms with Crippen molar-refractivity contribution in [1.29, 1.82) is 0 Å². The number of thioether (sulfide) groups is 1. The number of benzene rings is 7. The Morgan fingerprint density at radius 1 is 0.588 bits per heavy atom. The number of fused-ring (bicyclic) bond motifs is 5. The van der Waals surface area contributed by atoms with Crippen LogP contribution in [0.5, 0.6) is 0 Å². The largest absolute Gasteiger partial charge is 0.399 e. The lowest BCUT2D eigenvalue weighted by molar-refractivity contribution is 1.29. The molecule has 0 radical (unpaired) electrons. The fourth-order valence-corrected chi connectivity index (χ4v) is 7.44. The summed E-state index contributed by atoms with van der Waals surface area (Å²) in [6.45, 7) is 8.01. The summed E-state index contributed by atoms with van der Waals surface area (Å²) in [5.74, 6) is 0. The van der Waals surface area contributed by atoms with E-state index in [4.69, 9.17) is 5.73 Å². The molecule has 51 heavy (non-hydrogen) atoms. The normalized spacial score (nSPS) is 14.4. The molecule has 0 aliphatic carbocycles. The number of para-hydroxylation sites is 1. The van der Waals surface area contributed by atoms with E-state index in [1.807, 2.05) is 30.4 Å². The average molecular weight is 675 g/mol. The first-order valence-corrected chi connectivity index (χ1v) is 17.8. The third kappa shape index (κ3) is 7.21. The zero-order valence-corrected chi connectivity index (χ0v) is 29.1. The van der Waals surface area contributed by atoms with Gasteiger partial charge in [0.05, 0.1) is 11.4 Å². The number of anilines is 3. The molecule has 2 nitrogen and oxygen atoms in total. The minimum Gasteiger partial charge on any atom is -0.399 e. The average Bonchev–Trinajstić information content (AvgIpc) is 3.17. The van der Waals surface area contributed by atoms with Gasteiger partial charge in [0.15, 0.2) is 0 Å². The molecule has 0 saturated heterocycles. The van der Waals surface area contributed by atoms with Gasteiger partial charge in [-0.15, -0.1) is 0 Å². The van der Waals surface area contributed by atoms with E-state index in [9.17, 15) is 0 Å². The van der Waals surface area contributed by atoms with Gasteiger partial charge in [0.1, 0.15) is 0 Å². The first-order chi connectivity index (χ1) is 25.1. The Hall–Kier alpha value is -6.29. The predicted octanol–water partition coefficient (Wildman–Crippen LogP) is 13.5. The van der Waals surface area contributed by atoms with E-state index < -0.39 is 0 Å². The lowest BCUT2D eigenvalue weighted by Crippen LogP contribution is -2.11. The molecule has 7 aromatic rings. The molecule has 0 fully saturated rings. The summed E-state index contributed by atoms with van der Waals surface area (Å²) in [6.07, 6.45) is 13.7. The lowest BCUT2D eigenvalue weighted by Gasteiger charge is -2.29. The highest BCUT2D eigenvalue weighted by Gasteiger charge is 2.22. The molecular formula is C48H38N2S. The van der Waals surface area contributed by atoms with Gasteiger partial charge in [-0.1, -0.05) is 177 Å². The first kappa shape index (κ1) is 33.2. The van der Waals surface area contributed by atoms with Gasteiger partial charge in [-0.2, -0.15) is 0 Å². The number of allylic oxidation sites excluding steroid dienone is 7. The Bertz CT molecular complexity index is 2490. The van der Waals surface area contributed by atoms with Crippen LogP contribution in [0, 0.1) is 0 Å². The molecule has 1 aliphatic heterocycles. The van der Waals surface area contributed by atoms with Crippen LogP contribution in [0.1, 0.15) is 11.1 Å². The van der Waals surface area contributed by atoms with E-state index in [0.717, 1.165) is 38.5 Å². The van der Waals surface area contributed by atoms with Crippen LogP contribution in [-0.2, 0) is 0 Å². The maximum absolute atomic E-state index is 6.17. The second kappa shape index (κ2) is 15.5. The van der Waals surface area contributed by atoms with E-state index in [2.05, 4.69) is 175 Å². The molecule has 0 spiro atoms. The van der Waals surface area contributed by atoms with Gasteiger partial charge in [0.2, 0.25) is 0 Å². The van der Waals surface area contributed by atoms with Gasteiger partial charge in [-0.25, -0.2) is 0 Å². The van der Waals surface area contributed by atoms with Crippen molar-refractivity contribution in [2.75, 3.05) is 4.90 Å². The molecule has 0 aromatic heterocycles. The summed E-state index contributed by atoms with van der Waals surface area (Å²) in [7, 11) is 0. The van der Waals surface area contributed by atoms with Gasteiger partial charge in [-0.05, 0) is 74.5 Å². The Labute approximate surface area is 304 Å². The van der Waals surface area contributed by atoms with Gasteiger partial charge >= 0.3 is 0 Å². The predicted molar refractivity (Wildman–Crippen MR) is 225 cm³/mol. The van der Waals surface area contributed by atoms with E-state index in [0.29, 0.717) is 5.70 Å². The van der Waals surface area contributed by atoms with Crippen molar-refractivity contribution in [1.82, 2.24) is 0 Å². The number of hydrogen-bond acceptors (Lipinski definition) is 3. The fourth-order valence-electron chi connectivity index (χ4n) is 6.53. The van der Waals surface area contributed by atoms with Crippen molar-refractivity contribution in [2.45, 2.75) is 4.90 Å². The standard InChI is InChI=1S/C32H24N2S.C16H14/c1-22-20-24(33)18-19-35-31-21-30(27-15-7-8-16-28(27)32(22)31)34(25-12-3-2-4-13-25)29-17-9-11-23-10-5-6-14-26(23)29;1-2-3-4-5-9-14-11-8-12-15-10-6-7-13-16(14)15/h2-21H,1,33H2;2-13H,1H2/b19-18-,24-20+;4-3-,9-5-. The molecule has 1 aliphatic rings. The molecule has 1 heterocycles. The molecule has 0 bridgehead atoms. The van der Waals surface area contributed by atoms with E-state index in [1.165, 1.54) is 32.5 Å². The number of rotatable bonds is 6. The van der Waals surface area contributed by atoms with Gasteiger partial charge in [-0.3, -0.25) is 0 Å². The third-order valence-electron chi connectivity index (χ3n) is 8.82. The van der Waals surface area contributed by atoms with Crippen molar-refractivity contribution in [2.24, 2.45) is 5.73 Å². The van der Waals surface area contributed by atoms with Crippen molar-refractivity contribution in [3.05, 3.63) is 217 Å². The van der Waals surface area contributed by atoms with E-state index in [-0.39, 0.29) is 0 Å². The second-order valence-electron chi connectivity index (χ2n) is 12.1. The maximum Gasteiger partial charge on any atom is 0.0552 e. The van der Waals surface area contributed by atoms with Crippen LogP contribution in [-0.4, -0.2) is 0 Å². The monoisotopic (exact) mass is 674 g/mol. The molecule has 8 rings (SSSR count). The minimum absolute atomic E-state index is 0.711. The number of nitrogens with zero attached hydrogens (tertiary/aromatic N) is 1. The van der Waals surface area contributed by atoms with Crippen LogP contribution in [0.4, 0.5) is 17.1 Å². The molecule has 0 atom stereocenters. The smallest absolute Gasteiger partial charge is 0.0552 e. The Morgan fingerprint density at radius 2 is 1.22 bits per heavy atom. The molecule has 0 unspecified atom stereocenters. The molecule has 7 aromatic carbocycles. The minimum atomic E-state index is 0.711. The van der Waals surface area contributed by atoms with Crippen molar-refractivity contribution in [3.8, 4) is 0 Å². The van der Waals surface area contributed by atoms with Crippen LogP contribution in [0.15, 0.2) is 211 Å². The van der Waals surface area contributed by atoms with Crippen LogP contribution < -0.4 is 10.6 Å². The highest BCUT2D eigenvalue weighted by molar-refractivity contribution is 8.02. The Morgan fingerprint density at radius 3 is 1.98 bits per heavy atom. The van der Waals surface area contributed by atoms with Crippen molar-refractivity contribution >= 4 is 72.8 Å². The topological polar surface area (TPSA) is 29.3 Å². The molecule has 0 amide bonds. The molecule has 3 heteroatoms. The van der Waals surface area contributed by atoms with Crippen LogP contribution in [0.25, 0.3) is 44.0 Å². The summed E-state index contributed by atoms with van der Waals surface area (Å²) < 4.78 is 0. The highest BCUT2D eigenvalue weighted by atomic mass is 32.2. The first-order valence-electron chi connectivity index (χ1n) is 16.9. The summed E-state index contributed by atoms with van der Waals surface area (Å²) in [5, 5.41) is 9.38. The lowest BCUT2D eigenvalue weighted by atomic mass is 9.95. The van der Waals surface area contributed by atoms with Gasteiger partial charge < -0.3 is 10.6 Å². The quantitative estimate of drug-likeness (QED) is 0.178. The highest BCUT2D eigenvalue weighted by Crippen LogP contribution is 2.47. The molecule has 2 N–H and O–H groups in total. The van der Waals surface area contributed by atoms with E-state index >= 15 is 0 Å². The maximum atomic E-state index is 6.17. The summed E-state index contributed by atoms with van der Waals surface area (Å²) >= 11 is 1.68. The zero-order valence-electron chi connectivity index (χ0n) is 28.3. The molecule has 0 saturated carbocycles. The second-order valence-corrected chi connectivity index (χ2v) is 13.1. The Kier molecular flexibility index (Phi) is 10.1. The Balaban J connectivity index is 0.000000213. The van der Waals surface area contributed by atoms with Crippen LogP contribution in [0.2, 0.25) is 0 Å². The third-order valence-corrected chi connectivity index (χ3v) is 9.67. The van der Waals surface area contributed by atoms with Crippen molar-refractivity contribution < 1.29 is 0 Å². The molecular weight excluding hydrogens is 637 g/mol. The summed E-state index contributed by atoms with van der Waals surface area (Å²) in [6, 6.07) is 51.3. The summed E-state index contributed by atoms with van der Waals surface area (Å²) in [4.78, 5) is 3.53. The SMILES string of the molecule is C=C/C=C\C=C/c1cccc2ccccc12.C=C1/C=C(N)\C=C/Sc2cc(N(c3ccccc3)c3cccc4ccccc34)c3ccccc3c21. The van der Waals surface area contributed by atoms with Crippen LogP contribution >= 0.6 is 11.8 Å². The van der Waals surface area contributed by atoms with Gasteiger partial charge in [0, 0.05) is 32.6 Å². The van der Waals surface area contributed by atoms with Crippen LogP contribution in [0.3, 0.4) is 0 Å². The fraction of sp³-hybridized carbons (Fsp3) is 0.